The molecular formula is C19H30N4O2. The van der Waals surface area contributed by atoms with E-state index in [4.69, 9.17) is 0 Å². The van der Waals surface area contributed by atoms with Crippen LogP contribution in [-0.4, -0.2) is 66.9 Å². The first-order chi connectivity index (χ1) is 12.1. The van der Waals surface area contributed by atoms with E-state index >= 15 is 0 Å². The Hall–Kier alpha value is -1.92. The minimum Gasteiger partial charge on any atom is -0.355 e. The lowest BCUT2D eigenvalue weighted by atomic mass is 10.2. The average molecular weight is 346 g/mol. The second-order valence-corrected chi connectivity index (χ2v) is 6.54. The second kappa shape index (κ2) is 10.2. The van der Waals surface area contributed by atoms with Crippen molar-refractivity contribution in [3.05, 3.63) is 35.9 Å². The van der Waals surface area contributed by atoms with Crippen LogP contribution in [0.3, 0.4) is 0 Å². The Morgan fingerprint density at radius 3 is 2.40 bits per heavy atom. The molecule has 2 rings (SSSR count). The Balaban J connectivity index is 1.67. The maximum Gasteiger partial charge on any atom is 0.237 e. The zero-order chi connectivity index (χ0) is 18.1. The molecule has 1 unspecified atom stereocenters. The van der Waals surface area contributed by atoms with Gasteiger partial charge in [0.15, 0.2) is 0 Å². The Kier molecular flexibility index (Phi) is 7.88. The molecule has 0 radical (unpaired) electrons. The van der Waals surface area contributed by atoms with E-state index in [9.17, 15) is 9.59 Å². The minimum atomic E-state index is -0.111. The molecule has 0 bridgehead atoms. The van der Waals surface area contributed by atoms with Gasteiger partial charge in [-0.3, -0.25) is 19.4 Å². The third kappa shape index (κ3) is 6.48. The van der Waals surface area contributed by atoms with Gasteiger partial charge in [0.25, 0.3) is 0 Å². The molecule has 1 heterocycles. The lowest BCUT2D eigenvalue weighted by molar-refractivity contribution is -0.128. The highest BCUT2D eigenvalue weighted by molar-refractivity contribution is 5.81. The van der Waals surface area contributed by atoms with Crippen LogP contribution in [0.25, 0.3) is 0 Å². The molecule has 0 aliphatic carbocycles. The van der Waals surface area contributed by atoms with Crippen molar-refractivity contribution < 1.29 is 9.59 Å². The van der Waals surface area contributed by atoms with Crippen LogP contribution in [-0.2, 0) is 16.1 Å². The molecule has 1 aliphatic rings. The molecule has 0 spiro atoms. The number of carbonyl (C=O) groups is 2. The fourth-order valence-electron chi connectivity index (χ4n) is 2.93. The second-order valence-electron chi connectivity index (χ2n) is 6.54. The van der Waals surface area contributed by atoms with Gasteiger partial charge in [0.2, 0.25) is 11.8 Å². The van der Waals surface area contributed by atoms with Crippen molar-refractivity contribution in [1.29, 1.82) is 0 Å². The smallest absolute Gasteiger partial charge is 0.237 e. The molecule has 0 saturated carbocycles. The van der Waals surface area contributed by atoms with Crippen LogP contribution in [0.1, 0.15) is 25.8 Å². The summed E-state index contributed by atoms with van der Waals surface area (Å²) in [4.78, 5) is 28.5. The van der Waals surface area contributed by atoms with Crippen molar-refractivity contribution >= 4 is 11.8 Å². The van der Waals surface area contributed by atoms with Crippen molar-refractivity contribution in [2.75, 3.05) is 39.3 Å². The number of amides is 2. The van der Waals surface area contributed by atoms with E-state index in [1.807, 2.05) is 44.2 Å². The number of rotatable bonds is 8. The zero-order valence-corrected chi connectivity index (χ0v) is 15.3. The first-order valence-electron chi connectivity index (χ1n) is 9.15. The van der Waals surface area contributed by atoms with Gasteiger partial charge in [-0.15, -0.1) is 0 Å². The number of hydrogen-bond donors (Lipinski definition) is 2. The monoisotopic (exact) mass is 346 g/mol. The summed E-state index contributed by atoms with van der Waals surface area (Å²) in [5.74, 6) is 0.141. The van der Waals surface area contributed by atoms with E-state index in [1.54, 1.807) is 0 Å². The van der Waals surface area contributed by atoms with E-state index in [0.29, 0.717) is 13.1 Å². The summed E-state index contributed by atoms with van der Waals surface area (Å²) in [6.45, 7) is 8.95. The van der Waals surface area contributed by atoms with Gasteiger partial charge in [-0.2, -0.15) is 0 Å². The molecule has 6 nitrogen and oxygen atoms in total. The number of hydrogen-bond acceptors (Lipinski definition) is 4. The maximum absolute atomic E-state index is 12.1. The minimum absolute atomic E-state index is 0.0473. The quantitative estimate of drug-likeness (QED) is 0.732. The third-order valence-electron chi connectivity index (χ3n) is 4.58. The topological polar surface area (TPSA) is 64.7 Å². The van der Waals surface area contributed by atoms with Gasteiger partial charge in [0, 0.05) is 39.3 Å². The molecule has 1 fully saturated rings. The van der Waals surface area contributed by atoms with Gasteiger partial charge in [0.1, 0.15) is 0 Å². The van der Waals surface area contributed by atoms with E-state index < -0.39 is 0 Å². The molecule has 6 heteroatoms. The molecule has 1 aromatic carbocycles. The van der Waals surface area contributed by atoms with Gasteiger partial charge in [-0.25, -0.2) is 0 Å². The first-order valence-corrected chi connectivity index (χ1v) is 9.15. The van der Waals surface area contributed by atoms with E-state index in [1.165, 1.54) is 0 Å². The number of benzene rings is 1. The highest BCUT2D eigenvalue weighted by Gasteiger charge is 2.25. The summed E-state index contributed by atoms with van der Waals surface area (Å²) in [6.07, 6.45) is 0.949. The van der Waals surface area contributed by atoms with Crippen LogP contribution in [0, 0.1) is 0 Å². The highest BCUT2D eigenvalue weighted by Crippen LogP contribution is 2.06. The summed E-state index contributed by atoms with van der Waals surface area (Å²) in [6, 6.07) is 9.81. The van der Waals surface area contributed by atoms with E-state index in [0.717, 1.165) is 44.7 Å². The molecule has 138 valence electrons. The average Bonchev–Trinajstić information content (AvgIpc) is 2.65. The first kappa shape index (κ1) is 19.4. The molecule has 1 saturated heterocycles. The van der Waals surface area contributed by atoms with Gasteiger partial charge in [-0.05, 0) is 18.9 Å². The molecule has 1 aromatic rings. The lowest BCUT2D eigenvalue weighted by Gasteiger charge is -2.37. The van der Waals surface area contributed by atoms with Crippen LogP contribution in [0.2, 0.25) is 0 Å². The Morgan fingerprint density at radius 1 is 1.08 bits per heavy atom. The zero-order valence-electron chi connectivity index (χ0n) is 15.3. The molecule has 1 atom stereocenters. The number of nitrogens with one attached hydrogen (secondary N) is 2. The molecular weight excluding hydrogens is 316 g/mol. The summed E-state index contributed by atoms with van der Waals surface area (Å²) in [5.41, 5.74) is 1.10. The maximum atomic E-state index is 12.1. The van der Waals surface area contributed by atoms with Gasteiger partial charge in [-0.1, -0.05) is 37.3 Å². The SMILES string of the molecule is CCCNC(=O)C(C)N1CCN(CC(=O)NCc2ccccc2)CC1. The molecule has 2 N–H and O–H groups in total. The fourth-order valence-corrected chi connectivity index (χ4v) is 2.93. The molecule has 0 aromatic heterocycles. The van der Waals surface area contributed by atoms with Crippen LogP contribution >= 0.6 is 0 Å². The van der Waals surface area contributed by atoms with Crippen LogP contribution in [0.4, 0.5) is 0 Å². The van der Waals surface area contributed by atoms with Crippen LogP contribution in [0.15, 0.2) is 30.3 Å². The van der Waals surface area contributed by atoms with Crippen molar-refractivity contribution in [2.24, 2.45) is 0 Å². The van der Waals surface area contributed by atoms with E-state index in [2.05, 4.69) is 20.4 Å². The standard InChI is InChI=1S/C19H30N4O2/c1-3-9-20-19(25)16(2)23-12-10-22(11-13-23)15-18(24)21-14-17-7-5-4-6-8-17/h4-8,16H,3,9-15H2,1-2H3,(H,20,25)(H,21,24). The van der Waals surface area contributed by atoms with Gasteiger partial charge < -0.3 is 10.6 Å². The summed E-state index contributed by atoms with van der Waals surface area (Å²) < 4.78 is 0. The van der Waals surface area contributed by atoms with Crippen molar-refractivity contribution in [2.45, 2.75) is 32.9 Å². The van der Waals surface area contributed by atoms with Gasteiger partial charge in [0.05, 0.1) is 12.6 Å². The Bertz CT molecular complexity index is 542. The van der Waals surface area contributed by atoms with Crippen molar-refractivity contribution in [1.82, 2.24) is 20.4 Å². The Labute approximate surface area is 150 Å². The number of nitrogens with zero attached hydrogens (tertiary/aromatic N) is 2. The van der Waals surface area contributed by atoms with E-state index in [-0.39, 0.29) is 17.9 Å². The molecule has 2 amide bonds. The third-order valence-corrected chi connectivity index (χ3v) is 4.58. The Morgan fingerprint density at radius 2 is 1.76 bits per heavy atom. The molecule has 25 heavy (non-hydrogen) atoms. The highest BCUT2D eigenvalue weighted by atomic mass is 16.2. The van der Waals surface area contributed by atoms with Crippen molar-refractivity contribution in [3.8, 4) is 0 Å². The van der Waals surface area contributed by atoms with Crippen LogP contribution < -0.4 is 10.6 Å². The largest absolute Gasteiger partial charge is 0.355 e. The summed E-state index contributed by atoms with van der Waals surface area (Å²) >= 11 is 0. The van der Waals surface area contributed by atoms with Crippen LogP contribution in [0.5, 0.6) is 0 Å². The predicted octanol–water partition coefficient (Wildman–Crippen LogP) is 0.835. The van der Waals surface area contributed by atoms with Gasteiger partial charge >= 0.3 is 0 Å². The summed E-state index contributed by atoms with van der Waals surface area (Å²) in [7, 11) is 0. The van der Waals surface area contributed by atoms with Crippen molar-refractivity contribution in [3.63, 3.8) is 0 Å². The fraction of sp³-hybridized carbons (Fsp3) is 0.579. The number of carbonyl (C=O) groups excluding carboxylic acids is 2. The normalized spacial score (nSPS) is 17.0. The number of piperazine rings is 1. The lowest BCUT2D eigenvalue weighted by Crippen LogP contribution is -2.55. The summed E-state index contributed by atoms with van der Waals surface area (Å²) in [5, 5.41) is 5.91. The predicted molar refractivity (Wildman–Crippen MR) is 99.1 cm³/mol. The molecule has 1 aliphatic heterocycles.